The van der Waals surface area contributed by atoms with Gasteiger partial charge in [0, 0.05) is 18.8 Å². The van der Waals surface area contributed by atoms with Gasteiger partial charge >= 0.3 is 0 Å². The van der Waals surface area contributed by atoms with Gasteiger partial charge in [-0.3, -0.25) is 9.59 Å². The highest BCUT2D eigenvalue weighted by Crippen LogP contribution is 2.17. The molecule has 5 heteroatoms. The summed E-state index contributed by atoms with van der Waals surface area (Å²) >= 11 is 0. The summed E-state index contributed by atoms with van der Waals surface area (Å²) in [6.07, 6.45) is 2.76. The largest absolute Gasteiger partial charge is 0.331 e. The Bertz CT molecular complexity index is 512. The number of amides is 2. The minimum absolute atomic E-state index is 0.0118. The smallest absolute Gasteiger partial charge is 0.246 e. The molecule has 0 bridgehead atoms. The number of hydrogen-bond donors (Lipinski definition) is 2. The molecule has 2 atom stereocenters. The number of para-hydroxylation sites is 1. The van der Waals surface area contributed by atoms with Gasteiger partial charge in [-0.05, 0) is 44.9 Å². The molecule has 1 aromatic rings. The van der Waals surface area contributed by atoms with Crippen LogP contribution >= 0.6 is 0 Å². The molecular formula is C18H27N3O2. The Hall–Kier alpha value is -1.88. The van der Waals surface area contributed by atoms with Gasteiger partial charge in [-0.15, -0.1) is 0 Å². The van der Waals surface area contributed by atoms with Crippen LogP contribution in [0.25, 0.3) is 0 Å². The van der Waals surface area contributed by atoms with Crippen LogP contribution in [0.3, 0.4) is 0 Å². The van der Waals surface area contributed by atoms with Crippen LogP contribution in [0.5, 0.6) is 0 Å². The molecule has 0 aliphatic carbocycles. The summed E-state index contributed by atoms with van der Waals surface area (Å²) in [6.45, 7) is 6.13. The van der Waals surface area contributed by atoms with Gasteiger partial charge in [-0.2, -0.15) is 0 Å². The van der Waals surface area contributed by atoms with Gasteiger partial charge in [-0.1, -0.05) is 25.1 Å². The fourth-order valence-corrected chi connectivity index (χ4v) is 2.94. The van der Waals surface area contributed by atoms with Crippen LogP contribution in [-0.4, -0.2) is 42.4 Å². The third-order valence-electron chi connectivity index (χ3n) is 4.28. The second-order valence-electron chi connectivity index (χ2n) is 6.11. The zero-order valence-electron chi connectivity index (χ0n) is 14.0. The molecule has 0 aromatic heterocycles. The maximum absolute atomic E-state index is 12.8. The quantitative estimate of drug-likeness (QED) is 0.846. The van der Waals surface area contributed by atoms with E-state index in [0.717, 1.165) is 31.5 Å². The number of rotatable bonds is 6. The molecule has 2 rings (SSSR count). The highest BCUT2D eigenvalue weighted by Gasteiger charge is 2.31. The lowest BCUT2D eigenvalue weighted by Crippen LogP contribution is -2.50. The molecule has 1 aliphatic rings. The molecule has 0 spiro atoms. The first kappa shape index (κ1) is 17.5. The van der Waals surface area contributed by atoms with Gasteiger partial charge in [0.25, 0.3) is 0 Å². The summed E-state index contributed by atoms with van der Waals surface area (Å²) in [5.41, 5.74) is 0.757. The van der Waals surface area contributed by atoms with Crippen molar-refractivity contribution < 1.29 is 9.59 Å². The van der Waals surface area contributed by atoms with E-state index in [0.29, 0.717) is 13.1 Å². The summed E-state index contributed by atoms with van der Waals surface area (Å²) in [7, 11) is 0. The first-order valence-corrected chi connectivity index (χ1v) is 8.50. The van der Waals surface area contributed by atoms with Gasteiger partial charge in [0.2, 0.25) is 11.8 Å². The fraction of sp³-hybridized carbons (Fsp3) is 0.556. The summed E-state index contributed by atoms with van der Waals surface area (Å²) in [5.74, 6) is -0.0567. The number of carbonyl (C=O) groups is 2. The lowest BCUT2D eigenvalue weighted by atomic mass is 9.97. The predicted molar refractivity (Wildman–Crippen MR) is 92.1 cm³/mol. The normalized spacial score (nSPS) is 19.0. The number of hydrogen-bond acceptors (Lipinski definition) is 3. The molecule has 1 fully saturated rings. The van der Waals surface area contributed by atoms with E-state index in [-0.39, 0.29) is 17.7 Å². The van der Waals surface area contributed by atoms with E-state index in [1.165, 1.54) is 0 Å². The van der Waals surface area contributed by atoms with Crippen molar-refractivity contribution >= 4 is 17.5 Å². The Kier molecular flexibility index (Phi) is 6.59. The van der Waals surface area contributed by atoms with E-state index in [1.807, 2.05) is 44.2 Å². The molecule has 2 amide bonds. The van der Waals surface area contributed by atoms with Gasteiger partial charge in [0.15, 0.2) is 0 Å². The predicted octanol–water partition coefficient (Wildman–Crippen LogP) is 2.25. The molecule has 5 nitrogen and oxygen atoms in total. The van der Waals surface area contributed by atoms with Crippen LogP contribution < -0.4 is 10.6 Å². The third kappa shape index (κ3) is 4.79. The number of nitrogens with zero attached hydrogens (tertiary/aromatic N) is 1. The van der Waals surface area contributed by atoms with E-state index >= 15 is 0 Å². The van der Waals surface area contributed by atoms with E-state index in [4.69, 9.17) is 0 Å². The summed E-state index contributed by atoms with van der Waals surface area (Å²) in [5, 5.41) is 6.16. The first-order valence-electron chi connectivity index (χ1n) is 8.50. The first-order chi connectivity index (χ1) is 11.1. The van der Waals surface area contributed by atoms with Crippen LogP contribution in [0.4, 0.5) is 5.69 Å². The average molecular weight is 317 g/mol. The van der Waals surface area contributed by atoms with Gasteiger partial charge in [0.1, 0.15) is 6.04 Å². The molecule has 23 heavy (non-hydrogen) atoms. The van der Waals surface area contributed by atoms with Crippen molar-refractivity contribution in [1.82, 2.24) is 10.2 Å². The lowest BCUT2D eigenvalue weighted by Gasteiger charge is -2.33. The Balaban J connectivity index is 2.03. The highest BCUT2D eigenvalue weighted by atomic mass is 16.2. The second kappa shape index (κ2) is 8.67. The molecule has 126 valence electrons. The second-order valence-corrected chi connectivity index (χ2v) is 6.11. The van der Waals surface area contributed by atoms with Gasteiger partial charge in [0.05, 0.1) is 5.92 Å². The minimum Gasteiger partial charge on any atom is -0.331 e. The maximum Gasteiger partial charge on any atom is 0.246 e. The van der Waals surface area contributed by atoms with E-state index in [2.05, 4.69) is 10.6 Å². The van der Waals surface area contributed by atoms with E-state index in [9.17, 15) is 9.59 Å². The standard InChI is InChI=1S/C18H27N3O2/c1-3-12-21(18(23)15-8-7-11-19-13-15)14(2)17(22)20-16-9-5-4-6-10-16/h4-6,9-10,14-15,19H,3,7-8,11-13H2,1-2H3,(H,20,22). The topological polar surface area (TPSA) is 61.4 Å². The zero-order valence-corrected chi connectivity index (χ0v) is 14.0. The lowest BCUT2D eigenvalue weighted by molar-refractivity contribution is -0.142. The van der Waals surface area contributed by atoms with Crippen molar-refractivity contribution in [2.45, 2.75) is 39.2 Å². The number of anilines is 1. The molecule has 1 saturated heterocycles. The van der Waals surface area contributed by atoms with E-state index < -0.39 is 6.04 Å². The minimum atomic E-state index is -0.468. The van der Waals surface area contributed by atoms with Crippen LogP contribution in [0.2, 0.25) is 0 Å². The molecule has 1 aliphatic heterocycles. The number of piperidine rings is 1. The van der Waals surface area contributed by atoms with Crippen LogP contribution in [-0.2, 0) is 9.59 Å². The van der Waals surface area contributed by atoms with Crippen LogP contribution in [0, 0.1) is 5.92 Å². The van der Waals surface area contributed by atoms with E-state index in [1.54, 1.807) is 4.90 Å². The number of nitrogens with one attached hydrogen (secondary N) is 2. The third-order valence-corrected chi connectivity index (χ3v) is 4.28. The fourth-order valence-electron chi connectivity index (χ4n) is 2.94. The molecule has 0 saturated carbocycles. The summed E-state index contributed by atoms with van der Waals surface area (Å²) in [6, 6.07) is 8.89. The highest BCUT2D eigenvalue weighted by molar-refractivity contribution is 5.97. The molecule has 0 radical (unpaired) electrons. The van der Waals surface area contributed by atoms with Crippen molar-refractivity contribution in [2.75, 3.05) is 25.0 Å². The van der Waals surface area contributed by atoms with Crippen molar-refractivity contribution in [3.63, 3.8) is 0 Å². The van der Waals surface area contributed by atoms with Crippen molar-refractivity contribution in [2.24, 2.45) is 5.92 Å². The van der Waals surface area contributed by atoms with Crippen molar-refractivity contribution in [1.29, 1.82) is 0 Å². The van der Waals surface area contributed by atoms with Crippen molar-refractivity contribution in [3.8, 4) is 0 Å². The Morgan fingerprint density at radius 1 is 1.35 bits per heavy atom. The summed E-state index contributed by atoms with van der Waals surface area (Å²) in [4.78, 5) is 27.0. The Morgan fingerprint density at radius 3 is 2.70 bits per heavy atom. The molecular weight excluding hydrogens is 290 g/mol. The number of benzene rings is 1. The SMILES string of the molecule is CCCN(C(=O)C1CCCNC1)C(C)C(=O)Nc1ccccc1. The summed E-state index contributed by atoms with van der Waals surface area (Å²) < 4.78 is 0. The van der Waals surface area contributed by atoms with Crippen LogP contribution in [0.15, 0.2) is 30.3 Å². The molecule has 1 aromatic carbocycles. The molecule has 1 heterocycles. The van der Waals surface area contributed by atoms with Crippen molar-refractivity contribution in [3.05, 3.63) is 30.3 Å². The zero-order chi connectivity index (χ0) is 16.7. The van der Waals surface area contributed by atoms with Crippen LogP contribution in [0.1, 0.15) is 33.1 Å². The number of carbonyl (C=O) groups excluding carboxylic acids is 2. The maximum atomic E-state index is 12.8. The molecule has 2 unspecified atom stereocenters. The molecule has 2 N–H and O–H groups in total. The Morgan fingerprint density at radius 2 is 2.09 bits per heavy atom. The van der Waals surface area contributed by atoms with Gasteiger partial charge < -0.3 is 15.5 Å². The monoisotopic (exact) mass is 317 g/mol. The van der Waals surface area contributed by atoms with Gasteiger partial charge in [-0.25, -0.2) is 0 Å². The average Bonchev–Trinajstić information content (AvgIpc) is 2.60. The Labute approximate surface area is 138 Å².